The lowest BCUT2D eigenvalue weighted by atomic mass is 10.1. The fraction of sp³-hybridized carbons (Fsp3) is 0.182. The molecular formula is C22H20N4O2. The van der Waals surface area contributed by atoms with Crippen molar-refractivity contribution in [2.75, 3.05) is 0 Å². The van der Waals surface area contributed by atoms with Gasteiger partial charge in [-0.15, -0.1) is 5.11 Å². The van der Waals surface area contributed by atoms with Gasteiger partial charge in [0, 0.05) is 12.1 Å². The van der Waals surface area contributed by atoms with Crippen LogP contribution in [-0.2, 0) is 6.54 Å². The second kappa shape index (κ2) is 8.31. The molecular weight excluding hydrogens is 352 g/mol. The Morgan fingerprint density at radius 1 is 1.04 bits per heavy atom. The number of hydrogen-bond acceptors (Lipinski definition) is 5. The van der Waals surface area contributed by atoms with Crippen molar-refractivity contribution in [1.82, 2.24) is 4.57 Å². The molecule has 0 aliphatic carbocycles. The van der Waals surface area contributed by atoms with E-state index in [9.17, 15) is 15.2 Å². The molecule has 0 unspecified atom stereocenters. The Morgan fingerprint density at radius 2 is 1.68 bits per heavy atom. The fourth-order valence-corrected chi connectivity index (χ4v) is 2.95. The lowest BCUT2D eigenvalue weighted by Crippen LogP contribution is -2.21. The molecule has 0 fully saturated rings. The summed E-state index contributed by atoms with van der Waals surface area (Å²) >= 11 is 0. The zero-order chi connectivity index (χ0) is 20.1. The van der Waals surface area contributed by atoms with Crippen LogP contribution in [0.5, 0.6) is 5.88 Å². The van der Waals surface area contributed by atoms with Gasteiger partial charge in [0.15, 0.2) is 5.69 Å². The van der Waals surface area contributed by atoms with Crippen LogP contribution in [0.1, 0.15) is 24.5 Å². The first-order valence-electron chi connectivity index (χ1n) is 9.00. The molecule has 0 atom stereocenters. The molecule has 2 aromatic carbocycles. The van der Waals surface area contributed by atoms with E-state index in [4.69, 9.17) is 0 Å². The molecule has 6 heteroatoms. The van der Waals surface area contributed by atoms with Gasteiger partial charge >= 0.3 is 0 Å². The third kappa shape index (κ3) is 3.69. The summed E-state index contributed by atoms with van der Waals surface area (Å²) in [6.07, 6.45) is 0.638. The van der Waals surface area contributed by atoms with Crippen LogP contribution in [0, 0.1) is 18.3 Å². The summed E-state index contributed by atoms with van der Waals surface area (Å²) in [6.45, 7) is 3.77. The van der Waals surface area contributed by atoms with Gasteiger partial charge in [0.05, 0.1) is 5.69 Å². The summed E-state index contributed by atoms with van der Waals surface area (Å²) in [5, 5.41) is 27.8. The summed E-state index contributed by atoms with van der Waals surface area (Å²) in [4.78, 5) is 12.7. The number of rotatable bonds is 5. The number of nitrogens with zero attached hydrogens (tertiary/aromatic N) is 4. The van der Waals surface area contributed by atoms with Crippen molar-refractivity contribution in [3.8, 4) is 23.1 Å². The lowest BCUT2D eigenvalue weighted by Gasteiger charge is -2.11. The topological polar surface area (TPSA) is 90.7 Å². The van der Waals surface area contributed by atoms with Crippen molar-refractivity contribution in [3.63, 3.8) is 0 Å². The zero-order valence-electron chi connectivity index (χ0n) is 15.8. The zero-order valence-corrected chi connectivity index (χ0v) is 15.8. The predicted molar refractivity (Wildman–Crippen MR) is 108 cm³/mol. The highest BCUT2D eigenvalue weighted by Gasteiger charge is 2.18. The SMILES string of the molecule is CCCn1c(O)c(C#N)c(C)c(N=Nc2ccc(-c3ccccc3)cc2)c1=O. The maximum atomic E-state index is 12.7. The highest BCUT2D eigenvalue weighted by atomic mass is 16.3. The molecule has 0 aliphatic heterocycles. The molecule has 0 aliphatic rings. The molecule has 6 nitrogen and oxygen atoms in total. The van der Waals surface area contributed by atoms with Crippen molar-refractivity contribution < 1.29 is 5.11 Å². The monoisotopic (exact) mass is 372 g/mol. The van der Waals surface area contributed by atoms with Gasteiger partial charge in [-0.2, -0.15) is 10.4 Å². The third-order valence-electron chi connectivity index (χ3n) is 4.46. The molecule has 1 N–H and O–H groups in total. The standard InChI is InChI=1S/C22H20N4O2/c1-3-13-26-21(27)19(14-23)15(2)20(22(26)28)25-24-18-11-9-17(10-12-18)16-7-5-4-6-8-16/h4-12,27H,3,13H2,1-2H3. The van der Waals surface area contributed by atoms with Crippen molar-refractivity contribution in [2.45, 2.75) is 26.8 Å². The molecule has 0 bridgehead atoms. The van der Waals surface area contributed by atoms with E-state index in [1.54, 1.807) is 6.92 Å². The van der Waals surface area contributed by atoms with Crippen LogP contribution in [0.15, 0.2) is 69.6 Å². The number of hydrogen-bond donors (Lipinski definition) is 1. The minimum atomic E-state index is -0.458. The predicted octanol–water partition coefficient (Wildman–Crippen LogP) is 5.23. The number of nitriles is 1. The van der Waals surface area contributed by atoms with Crippen LogP contribution >= 0.6 is 0 Å². The molecule has 1 aromatic heterocycles. The van der Waals surface area contributed by atoms with Gasteiger partial charge < -0.3 is 5.11 Å². The smallest absolute Gasteiger partial charge is 0.281 e. The van der Waals surface area contributed by atoms with E-state index in [0.717, 1.165) is 11.1 Å². The first-order valence-corrected chi connectivity index (χ1v) is 9.00. The Labute approximate surface area is 163 Å². The summed E-state index contributed by atoms with van der Waals surface area (Å²) in [5.74, 6) is -0.321. The molecule has 0 radical (unpaired) electrons. The molecule has 28 heavy (non-hydrogen) atoms. The van der Waals surface area contributed by atoms with Crippen LogP contribution in [-0.4, -0.2) is 9.67 Å². The maximum absolute atomic E-state index is 12.7. The number of benzene rings is 2. The van der Waals surface area contributed by atoms with Gasteiger partial charge in [-0.1, -0.05) is 49.4 Å². The van der Waals surface area contributed by atoms with Crippen molar-refractivity contribution >= 4 is 11.4 Å². The van der Waals surface area contributed by atoms with Crippen LogP contribution in [0.3, 0.4) is 0 Å². The van der Waals surface area contributed by atoms with E-state index in [1.807, 2.05) is 67.6 Å². The molecule has 140 valence electrons. The maximum Gasteiger partial charge on any atom is 0.281 e. The van der Waals surface area contributed by atoms with E-state index >= 15 is 0 Å². The number of aromatic hydroxyl groups is 1. The fourth-order valence-electron chi connectivity index (χ4n) is 2.95. The van der Waals surface area contributed by atoms with Gasteiger partial charge in [-0.25, -0.2) is 0 Å². The molecule has 0 saturated carbocycles. The van der Waals surface area contributed by atoms with E-state index in [-0.39, 0.29) is 17.1 Å². The quantitative estimate of drug-likeness (QED) is 0.622. The number of pyridine rings is 1. The average Bonchev–Trinajstić information content (AvgIpc) is 2.72. The van der Waals surface area contributed by atoms with Crippen LogP contribution in [0.2, 0.25) is 0 Å². The largest absolute Gasteiger partial charge is 0.493 e. The Bertz CT molecular complexity index is 1110. The first kappa shape index (κ1) is 19.1. The summed E-state index contributed by atoms with van der Waals surface area (Å²) in [6, 6.07) is 19.4. The lowest BCUT2D eigenvalue weighted by molar-refractivity contribution is 0.402. The second-order valence-electron chi connectivity index (χ2n) is 6.35. The van der Waals surface area contributed by atoms with Crippen molar-refractivity contribution in [2.24, 2.45) is 10.2 Å². The Balaban J connectivity index is 1.97. The van der Waals surface area contributed by atoms with E-state index in [0.29, 0.717) is 24.2 Å². The molecule has 3 aromatic rings. The molecule has 0 spiro atoms. The van der Waals surface area contributed by atoms with Crippen LogP contribution in [0.25, 0.3) is 11.1 Å². The number of aromatic nitrogens is 1. The van der Waals surface area contributed by atoms with Gasteiger partial charge in [0.25, 0.3) is 5.56 Å². The van der Waals surface area contributed by atoms with Gasteiger partial charge in [-0.3, -0.25) is 9.36 Å². The minimum Gasteiger partial charge on any atom is -0.493 e. The van der Waals surface area contributed by atoms with E-state index < -0.39 is 5.56 Å². The number of azo groups is 1. The molecule has 1 heterocycles. The Hall–Kier alpha value is -3.72. The second-order valence-corrected chi connectivity index (χ2v) is 6.35. The summed E-state index contributed by atoms with van der Waals surface area (Å²) in [7, 11) is 0. The van der Waals surface area contributed by atoms with Gasteiger partial charge in [0.2, 0.25) is 5.88 Å². The van der Waals surface area contributed by atoms with Crippen LogP contribution in [0.4, 0.5) is 11.4 Å². The highest BCUT2D eigenvalue weighted by Crippen LogP contribution is 2.28. The Kier molecular flexibility index (Phi) is 5.66. The molecule has 3 rings (SSSR count). The molecule has 0 saturated heterocycles. The third-order valence-corrected chi connectivity index (χ3v) is 4.46. The minimum absolute atomic E-state index is 0.0430. The van der Waals surface area contributed by atoms with Crippen molar-refractivity contribution in [3.05, 3.63) is 76.1 Å². The van der Waals surface area contributed by atoms with E-state index in [2.05, 4.69) is 10.2 Å². The average molecular weight is 372 g/mol. The van der Waals surface area contributed by atoms with Gasteiger partial charge in [-0.05, 0) is 36.6 Å². The molecule has 0 amide bonds. The highest BCUT2D eigenvalue weighted by molar-refractivity contribution is 5.65. The normalized spacial score (nSPS) is 10.9. The Morgan fingerprint density at radius 3 is 2.29 bits per heavy atom. The van der Waals surface area contributed by atoms with Gasteiger partial charge in [0.1, 0.15) is 11.6 Å². The van der Waals surface area contributed by atoms with Crippen molar-refractivity contribution in [1.29, 1.82) is 5.26 Å². The first-order chi connectivity index (χ1) is 13.6. The van der Waals surface area contributed by atoms with Crippen LogP contribution < -0.4 is 5.56 Å². The summed E-state index contributed by atoms with van der Waals surface area (Å²) < 4.78 is 1.17. The summed E-state index contributed by atoms with van der Waals surface area (Å²) in [5.41, 5.74) is 2.71. The van der Waals surface area contributed by atoms with E-state index in [1.165, 1.54) is 4.57 Å².